The zero-order valence-corrected chi connectivity index (χ0v) is 14.0. The molecule has 0 bridgehead atoms. The van der Waals surface area contributed by atoms with Crippen LogP contribution in [0, 0.1) is 0 Å². The van der Waals surface area contributed by atoms with Gasteiger partial charge in [0.25, 0.3) is 0 Å². The molecule has 1 unspecified atom stereocenters. The van der Waals surface area contributed by atoms with Crippen molar-refractivity contribution in [1.29, 1.82) is 0 Å². The molecule has 122 valence electrons. The maximum atomic E-state index is 12.2. The largest absolute Gasteiger partial charge is 0.444 e. The number of ether oxygens (including phenoxy) is 1. The minimum Gasteiger partial charge on any atom is -0.444 e. The van der Waals surface area contributed by atoms with Crippen LogP contribution in [0.2, 0.25) is 0 Å². The van der Waals surface area contributed by atoms with Crippen molar-refractivity contribution in [2.75, 3.05) is 13.1 Å². The van der Waals surface area contributed by atoms with Gasteiger partial charge in [0.1, 0.15) is 5.60 Å². The Balaban J connectivity index is 1.87. The third-order valence-corrected chi connectivity index (χ3v) is 3.80. The van der Waals surface area contributed by atoms with Crippen LogP contribution in [-0.4, -0.2) is 40.7 Å². The lowest BCUT2D eigenvalue weighted by Gasteiger charge is -2.29. The molecule has 0 spiro atoms. The van der Waals surface area contributed by atoms with Crippen LogP contribution >= 0.6 is 0 Å². The summed E-state index contributed by atoms with van der Waals surface area (Å²) in [7, 11) is 0. The van der Waals surface area contributed by atoms with Crippen LogP contribution < -0.4 is 5.32 Å². The predicted molar refractivity (Wildman–Crippen MR) is 86.6 cm³/mol. The number of hydrogen-bond acceptors (Lipinski definition) is 4. The minimum atomic E-state index is -0.446. The van der Waals surface area contributed by atoms with E-state index in [1.165, 1.54) is 0 Å². The second-order valence-electron chi connectivity index (χ2n) is 6.85. The van der Waals surface area contributed by atoms with Gasteiger partial charge in [0, 0.05) is 31.4 Å². The summed E-state index contributed by atoms with van der Waals surface area (Å²) in [5.74, 6) is 0. The van der Waals surface area contributed by atoms with Crippen LogP contribution in [0.3, 0.4) is 0 Å². The average Bonchev–Trinajstić information content (AvgIpc) is 2.92. The van der Waals surface area contributed by atoms with Crippen molar-refractivity contribution in [3.05, 3.63) is 30.1 Å². The summed E-state index contributed by atoms with van der Waals surface area (Å²) in [6, 6.07) is 6.28. The van der Waals surface area contributed by atoms with E-state index < -0.39 is 5.60 Å². The maximum Gasteiger partial charge on any atom is 0.410 e. The Morgan fingerprint density at radius 2 is 2.27 bits per heavy atom. The van der Waals surface area contributed by atoms with Gasteiger partial charge in [0.15, 0.2) is 0 Å². The number of aromatic nitrogens is 1. The van der Waals surface area contributed by atoms with E-state index in [4.69, 9.17) is 4.74 Å². The monoisotopic (exact) mass is 305 g/mol. The number of rotatable bonds is 4. The number of carbonyl (C=O) groups is 1. The normalized spacial score (nSPS) is 20.0. The third kappa shape index (κ3) is 4.70. The smallest absolute Gasteiger partial charge is 0.410 e. The molecule has 1 aliphatic rings. The highest BCUT2D eigenvalue weighted by molar-refractivity contribution is 5.69. The van der Waals surface area contributed by atoms with Crippen molar-refractivity contribution in [3.63, 3.8) is 0 Å². The molecule has 5 heteroatoms. The van der Waals surface area contributed by atoms with E-state index in [1.807, 2.05) is 43.9 Å². The van der Waals surface area contributed by atoms with Gasteiger partial charge in [-0.1, -0.05) is 6.07 Å². The Hall–Kier alpha value is -1.62. The summed E-state index contributed by atoms with van der Waals surface area (Å²) in [6.07, 6.45) is 3.64. The van der Waals surface area contributed by atoms with Crippen LogP contribution in [0.25, 0.3) is 0 Å². The van der Waals surface area contributed by atoms with Gasteiger partial charge in [0.05, 0.1) is 5.69 Å². The topological polar surface area (TPSA) is 54.5 Å². The second kappa shape index (κ2) is 7.09. The van der Waals surface area contributed by atoms with E-state index in [1.54, 1.807) is 6.20 Å². The van der Waals surface area contributed by atoms with E-state index >= 15 is 0 Å². The Bertz CT molecular complexity index is 484. The van der Waals surface area contributed by atoms with Crippen LogP contribution in [0.5, 0.6) is 0 Å². The van der Waals surface area contributed by atoms with Crippen molar-refractivity contribution in [2.24, 2.45) is 0 Å². The Labute approximate surface area is 133 Å². The zero-order valence-electron chi connectivity index (χ0n) is 14.0. The number of likely N-dealkylation sites (tertiary alicyclic amines) is 1. The van der Waals surface area contributed by atoms with Crippen LogP contribution in [0.1, 0.15) is 52.3 Å². The van der Waals surface area contributed by atoms with Gasteiger partial charge in [0.2, 0.25) is 0 Å². The van der Waals surface area contributed by atoms with Gasteiger partial charge >= 0.3 is 6.09 Å². The molecule has 2 rings (SSSR count). The lowest BCUT2D eigenvalue weighted by Crippen LogP contribution is -2.44. The predicted octanol–water partition coefficient (Wildman–Crippen LogP) is 3.13. The lowest BCUT2D eigenvalue weighted by molar-refractivity contribution is 0.0225. The molecule has 0 aliphatic carbocycles. The number of pyridine rings is 1. The number of carbonyl (C=O) groups excluding carboxylic acids is 1. The molecule has 1 aromatic rings. The summed E-state index contributed by atoms with van der Waals surface area (Å²) in [5.41, 5.74) is 0.572. The molecule has 1 amide bonds. The first-order valence-corrected chi connectivity index (χ1v) is 8.01. The van der Waals surface area contributed by atoms with Gasteiger partial charge in [-0.2, -0.15) is 0 Å². The summed E-state index contributed by atoms with van der Waals surface area (Å²) in [6.45, 7) is 9.33. The Kier molecular flexibility index (Phi) is 5.40. The van der Waals surface area contributed by atoms with Crippen LogP contribution in [-0.2, 0) is 4.74 Å². The molecule has 1 aliphatic heterocycles. The standard InChI is InChI=1S/C17H27N3O2/c1-13(15-9-5-6-10-18-15)19-12-14-8-7-11-20(14)16(21)22-17(2,3)4/h5-6,9-10,13-14,19H,7-8,11-12H2,1-4H3/t13-,14?/m0/s1. The summed E-state index contributed by atoms with van der Waals surface area (Å²) in [5, 5.41) is 3.48. The van der Waals surface area contributed by atoms with E-state index in [9.17, 15) is 4.79 Å². The van der Waals surface area contributed by atoms with Crippen molar-refractivity contribution in [2.45, 2.75) is 58.2 Å². The Morgan fingerprint density at radius 3 is 2.91 bits per heavy atom. The van der Waals surface area contributed by atoms with Crippen molar-refractivity contribution < 1.29 is 9.53 Å². The molecule has 5 nitrogen and oxygen atoms in total. The molecule has 2 heterocycles. The molecular weight excluding hydrogens is 278 g/mol. The molecule has 2 atom stereocenters. The van der Waals surface area contributed by atoms with E-state index in [0.29, 0.717) is 0 Å². The first-order valence-electron chi connectivity index (χ1n) is 8.01. The number of amides is 1. The molecular formula is C17H27N3O2. The molecule has 0 aromatic carbocycles. The first kappa shape index (κ1) is 16.7. The van der Waals surface area contributed by atoms with Crippen molar-refractivity contribution >= 4 is 6.09 Å². The molecule has 1 aromatic heterocycles. The SMILES string of the molecule is C[C@H](NCC1CCCN1C(=O)OC(C)(C)C)c1ccccn1. The van der Waals surface area contributed by atoms with E-state index in [-0.39, 0.29) is 18.2 Å². The molecule has 0 saturated carbocycles. The quantitative estimate of drug-likeness (QED) is 0.928. The molecule has 22 heavy (non-hydrogen) atoms. The van der Waals surface area contributed by atoms with Crippen molar-refractivity contribution in [3.8, 4) is 0 Å². The summed E-state index contributed by atoms with van der Waals surface area (Å²) >= 11 is 0. The average molecular weight is 305 g/mol. The highest BCUT2D eigenvalue weighted by atomic mass is 16.6. The summed E-state index contributed by atoms with van der Waals surface area (Å²) in [4.78, 5) is 18.5. The third-order valence-electron chi connectivity index (χ3n) is 3.80. The molecule has 0 radical (unpaired) electrons. The first-order chi connectivity index (χ1) is 10.4. The Morgan fingerprint density at radius 1 is 1.50 bits per heavy atom. The highest BCUT2D eigenvalue weighted by Crippen LogP contribution is 2.21. The van der Waals surface area contributed by atoms with E-state index in [2.05, 4.69) is 17.2 Å². The molecule has 1 saturated heterocycles. The fourth-order valence-electron chi connectivity index (χ4n) is 2.66. The van der Waals surface area contributed by atoms with Gasteiger partial charge in [-0.15, -0.1) is 0 Å². The lowest BCUT2D eigenvalue weighted by atomic mass is 10.1. The highest BCUT2D eigenvalue weighted by Gasteiger charge is 2.32. The van der Waals surface area contributed by atoms with Gasteiger partial charge in [-0.05, 0) is 52.7 Å². The summed E-state index contributed by atoms with van der Waals surface area (Å²) < 4.78 is 5.49. The zero-order chi connectivity index (χ0) is 16.2. The number of nitrogens with one attached hydrogen (secondary N) is 1. The van der Waals surface area contributed by atoms with Gasteiger partial charge in [-0.25, -0.2) is 4.79 Å². The fourth-order valence-corrected chi connectivity index (χ4v) is 2.66. The maximum absolute atomic E-state index is 12.2. The van der Waals surface area contributed by atoms with E-state index in [0.717, 1.165) is 31.6 Å². The van der Waals surface area contributed by atoms with Gasteiger partial charge < -0.3 is 15.0 Å². The van der Waals surface area contributed by atoms with Gasteiger partial charge in [-0.3, -0.25) is 4.98 Å². The number of nitrogens with zero attached hydrogens (tertiary/aromatic N) is 2. The molecule has 1 N–H and O–H groups in total. The number of hydrogen-bond donors (Lipinski definition) is 1. The molecule has 1 fully saturated rings. The van der Waals surface area contributed by atoms with Crippen LogP contribution in [0.15, 0.2) is 24.4 Å². The van der Waals surface area contributed by atoms with Crippen molar-refractivity contribution in [1.82, 2.24) is 15.2 Å². The minimum absolute atomic E-state index is 0.169. The fraction of sp³-hybridized carbons (Fsp3) is 0.647. The van der Waals surface area contributed by atoms with Crippen LogP contribution in [0.4, 0.5) is 4.79 Å². The second-order valence-corrected chi connectivity index (χ2v) is 6.85.